The van der Waals surface area contributed by atoms with Gasteiger partial charge in [0.1, 0.15) is 11.5 Å². The van der Waals surface area contributed by atoms with Crippen LogP contribution < -0.4 is 14.9 Å². The van der Waals surface area contributed by atoms with Crippen LogP contribution in [0.25, 0.3) is 10.8 Å². The minimum Gasteiger partial charge on any atom is -0.496 e. The third-order valence-corrected chi connectivity index (χ3v) is 5.96. The van der Waals surface area contributed by atoms with E-state index in [-0.39, 0.29) is 12.5 Å². The number of nitrogens with zero attached hydrogens (tertiary/aromatic N) is 1. The van der Waals surface area contributed by atoms with Crippen molar-refractivity contribution in [1.29, 1.82) is 0 Å². The number of halogens is 2. The molecule has 0 unspecified atom stereocenters. The van der Waals surface area contributed by atoms with Gasteiger partial charge in [-0.3, -0.25) is 4.79 Å². The summed E-state index contributed by atoms with van der Waals surface area (Å²) < 4.78 is 17.5. The summed E-state index contributed by atoms with van der Waals surface area (Å²) >= 11 is 4.25. The number of esters is 1. The molecular formula is C23H20I2N2O5. The molecule has 0 fully saturated rings. The summed E-state index contributed by atoms with van der Waals surface area (Å²) in [5.74, 6) is 0.282. The maximum atomic E-state index is 12.7. The largest absolute Gasteiger partial charge is 0.496 e. The number of carbonyl (C=O) groups excluding carboxylic acids is 2. The third kappa shape index (κ3) is 6.09. The van der Waals surface area contributed by atoms with E-state index in [1.165, 1.54) is 7.11 Å². The van der Waals surface area contributed by atoms with Gasteiger partial charge in [0, 0.05) is 0 Å². The molecule has 0 aromatic heterocycles. The second-order valence-electron chi connectivity index (χ2n) is 6.51. The Balaban J connectivity index is 1.71. The zero-order chi connectivity index (χ0) is 23.1. The predicted molar refractivity (Wildman–Crippen MR) is 140 cm³/mol. The second kappa shape index (κ2) is 11.5. The molecule has 1 amide bonds. The minimum atomic E-state index is -0.420. The number of benzene rings is 3. The molecular weight excluding hydrogens is 638 g/mol. The van der Waals surface area contributed by atoms with Gasteiger partial charge in [-0.1, -0.05) is 24.3 Å². The first-order valence-electron chi connectivity index (χ1n) is 9.60. The highest BCUT2D eigenvalue weighted by Crippen LogP contribution is 2.29. The van der Waals surface area contributed by atoms with E-state index in [1.54, 1.807) is 19.2 Å². The molecule has 32 heavy (non-hydrogen) atoms. The van der Waals surface area contributed by atoms with Gasteiger partial charge in [-0.05, 0) is 92.7 Å². The van der Waals surface area contributed by atoms with E-state index >= 15 is 0 Å². The van der Waals surface area contributed by atoms with E-state index in [2.05, 4.69) is 55.7 Å². The van der Waals surface area contributed by atoms with E-state index in [4.69, 9.17) is 14.2 Å². The van der Waals surface area contributed by atoms with Crippen molar-refractivity contribution in [2.45, 2.75) is 6.92 Å². The van der Waals surface area contributed by atoms with E-state index in [9.17, 15) is 9.59 Å². The summed E-state index contributed by atoms with van der Waals surface area (Å²) in [7, 11) is 1.53. The summed E-state index contributed by atoms with van der Waals surface area (Å²) in [5.41, 5.74) is 3.72. The smallest absolute Gasteiger partial charge is 0.344 e. The van der Waals surface area contributed by atoms with Gasteiger partial charge in [-0.2, -0.15) is 5.10 Å². The quantitative estimate of drug-likeness (QED) is 0.163. The molecule has 0 radical (unpaired) electrons. The molecule has 1 N–H and O–H groups in total. The number of fused-ring (bicyclic) bond motifs is 1. The Bertz CT molecular complexity index is 1160. The lowest BCUT2D eigenvalue weighted by atomic mass is 10.1. The summed E-state index contributed by atoms with van der Waals surface area (Å²) in [4.78, 5) is 24.2. The average molecular weight is 658 g/mol. The Labute approximate surface area is 212 Å². The van der Waals surface area contributed by atoms with Crippen molar-refractivity contribution in [3.05, 3.63) is 66.8 Å². The van der Waals surface area contributed by atoms with Crippen molar-refractivity contribution in [1.82, 2.24) is 5.43 Å². The molecule has 0 aliphatic carbocycles. The Kier molecular flexibility index (Phi) is 8.67. The molecule has 0 saturated carbocycles. The van der Waals surface area contributed by atoms with Crippen molar-refractivity contribution in [3.8, 4) is 11.5 Å². The molecule has 3 aromatic rings. The lowest BCUT2D eigenvalue weighted by molar-refractivity contribution is -0.145. The van der Waals surface area contributed by atoms with Gasteiger partial charge in [0.2, 0.25) is 0 Å². The minimum absolute atomic E-state index is 0.156. The molecule has 3 rings (SSSR count). The number of hydrogen-bond acceptors (Lipinski definition) is 6. The van der Waals surface area contributed by atoms with Crippen molar-refractivity contribution < 1.29 is 23.8 Å². The summed E-state index contributed by atoms with van der Waals surface area (Å²) in [6.45, 7) is 1.90. The lowest BCUT2D eigenvalue weighted by Gasteiger charge is -2.11. The zero-order valence-corrected chi connectivity index (χ0v) is 21.7. The average Bonchev–Trinajstić information content (AvgIpc) is 2.77. The lowest BCUT2D eigenvalue weighted by Crippen LogP contribution is -2.18. The first-order valence-corrected chi connectivity index (χ1v) is 11.8. The van der Waals surface area contributed by atoms with Crippen LogP contribution in [-0.2, 0) is 9.53 Å². The van der Waals surface area contributed by atoms with Crippen molar-refractivity contribution >= 4 is 74.0 Å². The van der Waals surface area contributed by atoms with Gasteiger partial charge in [0.05, 0.1) is 32.6 Å². The SMILES string of the molecule is CCOC(=O)COc1c(I)cc(/C=N\NC(=O)c2cc3ccccc3cc2OC)cc1I. The molecule has 7 nitrogen and oxygen atoms in total. The summed E-state index contributed by atoms with van der Waals surface area (Å²) in [5, 5.41) is 6.00. The van der Waals surface area contributed by atoms with Crippen LogP contribution in [0.3, 0.4) is 0 Å². The van der Waals surface area contributed by atoms with Crippen LogP contribution in [0.5, 0.6) is 11.5 Å². The number of amides is 1. The van der Waals surface area contributed by atoms with Gasteiger partial charge in [-0.15, -0.1) is 0 Å². The van der Waals surface area contributed by atoms with Crippen LogP contribution >= 0.6 is 45.2 Å². The monoisotopic (exact) mass is 658 g/mol. The fourth-order valence-electron chi connectivity index (χ4n) is 2.92. The first kappa shape index (κ1) is 24.2. The third-order valence-electron chi connectivity index (χ3n) is 4.35. The zero-order valence-electron chi connectivity index (χ0n) is 17.4. The van der Waals surface area contributed by atoms with Crippen LogP contribution in [0.4, 0.5) is 0 Å². The maximum Gasteiger partial charge on any atom is 0.344 e. The number of methoxy groups -OCH3 is 1. The number of ether oxygens (including phenoxy) is 3. The maximum absolute atomic E-state index is 12.7. The van der Waals surface area contributed by atoms with Gasteiger partial charge in [0.25, 0.3) is 5.91 Å². The number of hydrogen-bond donors (Lipinski definition) is 1. The summed E-state index contributed by atoms with van der Waals surface area (Å²) in [6.07, 6.45) is 1.55. The summed E-state index contributed by atoms with van der Waals surface area (Å²) in [6, 6.07) is 15.0. The molecule has 9 heteroatoms. The molecule has 0 aliphatic rings. The van der Waals surface area contributed by atoms with E-state index in [0.29, 0.717) is 23.7 Å². The normalized spacial score (nSPS) is 10.9. The Hall–Kier alpha value is -2.41. The van der Waals surface area contributed by atoms with Crippen molar-refractivity contribution in [2.24, 2.45) is 5.10 Å². The van der Waals surface area contributed by atoms with Crippen molar-refractivity contribution in [3.63, 3.8) is 0 Å². The second-order valence-corrected chi connectivity index (χ2v) is 8.83. The highest BCUT2D eigenvalue weighted by molar-refractivity contribution is 14.1. The van der Waals surface area contributed by atoms with E-state index in [0.717, 1.165) is 23.5 Å². The highest BCUT2D eigenvalue weighted by atomic mass is 127. The fraction of sp³-hybridized carbons (Fsp3) is 0.174. The fourth-order valence-corrected chi connectivity index (χ4v) is 5.04. The van der Waals surface area contributed by atoms with Crippen LogP contribution in [0.15, 0.2) is 53.6 Å². The Morgan fingerprint density at radius 2 is 1.72 bits per heavy atom. The molecule has 0 atom stereocenters. The van der Waals surface area contributed by atoms with E-state index < -0.39 is 5.97 Å². The molecule has 166 valence electrons. The molecule has 0 saturated heterocycles. The Morgan fingerprint density at radius 3 is 2.34 bits per heavy atom. The molecule has 3 aromatic carbocycles. The van der Waals surface area contributed by atoms with Gasteiger partial charge in [-0.25, -0.2) is 10.2 Å². The van der Waals surface area contributed by atoms with Crippen molar-refractivity contribution in [2.75, 3.05) is 20.3 Å². The topological polar surface area (TPSA) is 86.2 Å². The molecule has 0 heterocycles. The van der Waals surface area contributed by atoms with Crippen LogP contribution in [0.1, 0.15) is 22.8 Å². The van der Waals surface area contributed by atoms with E-state index in [1.807, 2.05) is 42.5 Å². The van der Waals surface area contributed by atoms with Crippen LogP contribution in [0.2, 0.25) is 0 Å². The van der Waals surface area contributed by atoms with Gasteiger partial charge in [0.15, 0.2) is 6.61 Å². The standard InChI is InChI=1S/C23H20I2N2O5/c1-3-31-21(28)13-32-22-18(24)8-14(9-19(22)25)12-26-27-23(29)17-10-15-6-4-5-7-16(15)11-20(17)30-2/h4-12H,3,13H2,1-2H3,(H,27,29)/b26-12-. The molecule has 0 spiro atoms. The number of hydrazone groups is 1. The predicted octanol–water partition coefficient (Wildman–Crippen LogP) is 4.76. The molecule has 0 aliphatic heterocycles. The number of nitrogens with one attached hydrogen (secondary N) is 1. The number of rotatable bonds is 8. The highest BCUT2D eigenvalue weighted by Gasteiger charge is 2.14. The Morgan fingerprint density at radius 1 is 1.06 bits per heavy atom. The van der Waals surface area contributed by atoms with Gasteiger partial charge < -0.3 is 14.2 Å². The van der Waals surface area contributed by atoms with Gasteiger partial charge >= 0.3 is 5.97 Å². The van der Waals surface area contributed by atoms with Crippen LogP contribution in [0, 0.1) is 7.14 Å². The molecule has 0 bridgehead atoms. The van der Waals surface area contributed by atoms with Crippen LogP contribution in [-0.4, -0.2) is 38.4 Å². The number of carbonyl (C=O) groups is 2. The first-order chi connectivity index (χ1) is 15.4.